The molecule has 78 valence electrons. The molecular formula is C8H13N3O2S. The number of hydrogen-bond acceptors (Lipinski definition) is 3. The molecule has 1 heterocycles. The Morgan fingerprint density at radius 3 is 2.71 bits per heavy atom. The van der Waals surface area contributed by atoms with Gasteiger partial charge in [0.2, 0.25) is 0 Å². The molecule has 0 aromatic carbocycles. The molecule has 1 saturated carbocycles. The average Bonchev–Trinajstić information content (AvgIpc) is 2.71. The van der Waals surface area contributed by atoms with Crippen molar-refractivity contribution in [1.29, 1.82) is 0 Å². The van der Waals surface area contributed by atoms with Crippen molar-refractivity contribution < 1.29 is 8.42 Å². The number of hydrogen-bond donors (Lipinski definition) is 2. The van der Waals surface area contributed by atoms with E-state index in [1.807, 2.05) is 0 Å². The minimum Gasteiger partial charge on any atom is -0.266 e. The van der Waals surface area contributed by atoms with Gasteiger partial charge in [-0.1, -0.05) is 12.8 Å². The Morgan fingerprint density at radius 2 is 2.14 bits per heavy atom. The average molecular weight is 215 g/mol. The highest BCUT2D eigenvalue weighted by Crippen LogP contribution is 2.19. The molecule has 6 heteroatoms. The first kappa shape index (κ1) is 9.67. The molecule has 0 radical (unpaired) electrons. The Balaban J connectivity index is 2.09. The molecule has 2 rings (SSSR count). The van der Waals surface area contributed by atoms with Gasteiger partial charge in [0, 0.05) is 6.04 Å². The number of H-pyrrole nitrogens is 1. The van der Waals surface area contributed by atoms with Crippen molar-refractivity contribution in [1.82, 2.24) is 14.9 Å². The minimum atomic E-state index is -3.37. The van der Waals surface area contributed by atoms with Crippen LogP contribution in [0, 0.1) is 0 Å². The minimum absolute atomic E-state index is 0.100. The third-order valence-corrected chi connectivity index (χ3v) is 3.89. The van der Waals surface area contributed by atoms with Crippen LogP contribution in [0.25, 0.3) is 0 Å². The third-order valence-electron chi connectivity index (χ3n) is 2.44. The van der Waals surface area contributed by atoms with Gasteiger partial charge in [-0.3, -0.25) is 5.10 Å². The van der Waals surface area contributed by atoms with E-state index in [-0.39, 0.29) is 11.1 Å². The number of aromatic nitrogens is 2. The normalized spacial score (nSPS) is 18.9. The van der Waals surface area contributed by atoms with Gasteiger partial charge in [0.05, 0.1) is 6.20 Å². The van der Waals surface area contributed by atoms with Crippen LogP contribution >= 0.6 is 0 Å². The molecule has 0 aliphatic heterocycles. The van der Waals surface area contributed by atoms with Crippen LogP contribution in [-0.2, 0) is 10.0 Å². The van der Waals surface area contributed by atoms with Crippen molar-refractivity contribution in [3.63, 3.8) is 0 Å². The molecule has 0 unspecified atom stereocenters. The summed E-state index contributed by atoms with van der Waals surface area (Å²) < 4.78 is 26.0. The summed E-state index contributed by atoms with van der Waals surface area (Å²) in [6, 6.07) is 1.56. The van der Waals surface area contributed by atoms with Gasteiger partial charge in [0.25, 0.3) is 10.0 Å². The number of rotatable bonds is 3. The summed E-state index contributed by atoms with van der Waals surface area (Å²) in [5.74, 6) is 0. The molecule has 1 fully saturated rings. The van der Waals surface area contributed by atoms with E-state index in [9.17, 15) is 8.42 Å². The molecule has 1 aliphatic carbocycles. The van der Waals surface area contributed by atoms with Gasteiger partial charge < -0.3 is 0 Å². The van der Waals surface area contributed by atoms with Crippen LogP contribution in [-0.4, -0.2) is 24.7 Å². The standard InChI is InChI=1S/C8H13N3O2S/c12-14(13,8-5-6-9-10-8)11-7-3-1-2-4-7/h5-7,11H,1-4H2,(H,9,10). The molecule has 1 aromatic rings. The van der Waals surface area contributed by atoms with E-state index in [0.717, 1.165) is 25.7 Å². The topological polar surface area (TPSA) is 74.8 Å². The van der Waals surface area contributed by atoms with Gasteiger partial charge in [-0.05, 0) is 18.9 Å². The molecule has 0 atom stereocenters. The molecule has 5 nitrogen and oxygen atoms in total. The SMILES string of the molecule is O=S(=O)(NC1CCCC1)c1ccn[nH]1. The van der Waals surface area contributed by atoms with E-state index >= 15 is 0 Å². The summed E-state index contributed by atoms with van der Waals surface area (Å²) in [6.07, 6.45) is 5.52. The summed E-state index contributed by atoms with van der Waals surface area (Å²) in [5.41, 5.74) is 0. The van der Waals surface area contributed by atoms with Crippen molar-refractivity contribution in [3.05, 3.63) is 12.3 Å². The molecule has 1 aromatic heterocycles. The predicted octanol–water partition coefficient (Wildman–Crippen LogP) is 0.631. The molecule has 0 spiro atoms. The maximum absolute atomic E-state index is 11.7. The second-order valence-electron chi connectivity index (χ2n) is 3.52. The van der Waals surface area contributed by atoms with Gasteiger partial charge in [-0.2, -0.15) is 5.10 Å². The van der Waals surface area contributed by atoms with Gasteiger partial charge in [0.15, 0.2) is 5.03 Å². The highest BCUT2D eigenvalue weighted by molar-refractivity contribution is 7.89. The smallest absolute Gasteiger partial charge is 0.257 e. The zero-order valence-corrected chi connectivity index (χ0v) is 8.55. The maximum atomic E-state index is 11.7. The van der Waals surface area contributed by atoms with E-state index < -0.39 is 10.0 Å². The Hall–Kier alpha value is -0.880. The molecule has 14 heavy (non-hydrogen) atoms. The maximum Gasteiger partial charge on any atom is 0.257 e. The Morgan fingerprint density at radius 1 is 1.43 bits per heavy atom. The van der Waals surface area contributed by atoms with Crippen molar-refractivity contribution in [2.24, 2.45) is 0 Å². The summed E-state index contributed by atoms with van der Waals surface area (Å²) in [6.45, 7) is 0. The highest BCUT2D eigenvalue weighted by Gasteiger charge is 2.23. The first-order chi connectivity index (χ1) is 6.68. The second kappa shape index (κ2) is 3.70. The van der Waals surface area contributed by atoms with Gasteiger partial charge in [-0.15, -0.1) is 0 Å². The van der Waals surface area contributed by atoms with Crippen LogP contribution < -0.4 is 4.72 Å². The van der Waals surface area contributed by atoms with Gasteiger partial charge in [-0.25, -0.2) is 13.1 Å². The molecule has 0 bridgehead atoms. The number of nitrogens with zero attached hydrogens (tertiary/aromatic N) is 1. The molecule has 2 N–H and O–H groups in total. The quantitative estimate of drug-likeness (QED) is 0.776. The molecular weight excluding hydrogens is 202 g/mol. The Labute approximate surface area is 83.0 Å². The summed E-state index contributed by atoms with van der Waals surface area (Å²) >= 11 is 0. The van der Waals surface area contributed by atoms with E-state index in [4.69, 9.17) is 0 Å². The van der Waals surface area contributed by atoms with Crippen LogP contribution in [0.4, 0.5) is 0 Å². The summed E-state index contributed by atoms with van der Waals surface area (Å²) in [7, 11) is -3.37. The number of nitrogens with one attached hydrogen (secondary N) is 2. The summed E-state index contributed by atoms with van der Waals surface area (Å²) in [5, 5.41) is 6.21. The first-order valence-corrected chi connectivity index (χ1v) is 6.18. The fourth-order valence-corrected chi connectivity index (χ4v) is 2.93. The van der Waals surface area contributed by atoms with Gasteiger partial charge >= 0.3 is 0 Å². The number of aromatic amines is 1. The lowest BCUT2D eigenvalue weighted by Crippen LogP contribution is -2.32. The predicted molar refractivity (Wildman–Crippen MR) is 51.2 cm³/mol. The fourth-order valence-electron chi connectivity index (χ4n) is 1.72. The van der Waals surface area contributed by atoms with E-state index in [1.165, 1.54) is 12.3 Å². The van der Waals surface area contributed by atoms with Crippen LogP contribution in [0.2, 0.25) is 0 Å². The van der Waals surface area contributed by atoms with Crippen LogP contribution in [0.15, 0.2) is 17.3 Å². The van der Waals surface area contributed by atoms with Crippen LogP contribution in [0.1, 0.15) is 25.7 Å². The zero-order valence-electron chi connectivity index (χ0n) is 7.73. The monoisotopic (exact) mass is 215 g/mol. The first-order valence-electron chi connectivity index (χ1n) is 4.70. The highest BCUT2D eigenvalue weighted by atomic mass is 32.2. The lowest BCUT2D eigenvalue weighted by Gasteiger charge is -2.10. The van der Waals surface area contributed by atoms with Crippen LogP contribution in [0.3, 0.4) is 0 Å². The van der Waals surface area contributed by atoms with Crippen molar-refractivity contribution in [2.75, 3.05) is 0 Å². The molecule has 1 aliphatic rings. The van der Waals surface area contributed by atoms with Crippen molar-refractivity contribution in [3.8, 4) is 0 Å². The zero-order chi connectivity index (χ0) is 10.0. The fraction of sp³-hybridized carbons (Fsp3) is 0.625. The van der Waals surface area contributed by atoms with Gasteiger partial charge in [0.1, 0.15) is 0 Å². The second-order valence-corrected chi connectivity index (χ2v) is 5.21. The van der Waals surface area contributed by atoms with Crippen molar-refractivity contribution >= 4 is 10.0 Å². The molecule has 0 amide bonds. The Bertz CT molecular complexity index is 379. The number of sulfonamides is 1. The van der Waals surface area contributed by atoms with Crippen molar-refractivity contribution in [2.45, 2.75) is 36.8 Å². The van der Waals surface area contributed by atoms with E-state index in [0.29, 0.717) is 0 Å². The third kappa shape index (κ3) is 1.96. The van der Waals surface area contributed by atoms with E-state index in [2.05, 4.69) is 14.9 Å². The largest absolute Gasteiger partial charge is 0.266 e. The lowest BCUT2D eigenvalue weighted by atomic mass is 10.3. The lowest BCUT2D eigenvalue weighted by molar-refractivity contribution is 0.548. The Kier molecular flexibility index (Phi) is 2.56. The van der Waals surface area contributed by atoms with E-state index in [1.54, 1.807) is 0 Å². The van der Waals surface area contributed by atoms with Crippen LogP contribution in [0.5, 0.6) is 0 Å². The molecule has 0 saturated heterocycles. The summed E-state index contributed by atoms with van der Waals surface area (Å²) in [4.78, 5) is 0.